The van der Waals surface area contributed by atoms with E-state index in [0.717, 1.165) is 22.9 Å². The van der Waals surface area contributed by atoms with E-state index in [1.165, 1.54) is 0 Å². The van der Waals surface area contributed by atoms with E-state index in [0.29, 0.717) is 6.42 Å². The van der Waals surface area contributed by atoms with Gasteiger partial charge in [-0.3, -0.25) is 0 Å². The maximum Gasteiger partial charge on any atom is 0.165 e. The van der Waals surface area contributed by atoms with Gasteiger partial charge in [0.05, 0.1) is 20.1 Å². The molecule has 0 aromatic heterocycles. The lowest BCUT2D eigenvalue weighted by atomic mass is 10.0. The van der Waals surface area contributed by atoms with Crippen LogP contribution in [0.4, 0.5) is 0 Å². The summed E-state index contributed by atoms with van der Waals surface area (Å²) in [5, 5.41) is 20.2. The molecule has 0 bridgehead atoms. The number of aliphatic hydroxyl groups is 2. The molecule has 0 amide bonds. The molecule has 32 heavy (non-hydrogen) atoms. The summed E-state index contributed by atoms with van der Waals surface area (Å²) < 4.78 is 15.7. The van der Waals surface area contributed by atoms with Crippen LogP contribution in [-0.4, -0.2) is 30.0 Å². The van der Waals surface area contributed by atoms with Gasteiger partial charge >= 0.3 is 0 Å². The van der Waals surface area contributed by atoms with Gasteiger partial charge in [0.25, 0.3) is 0 Å². The minimum Gasteiger partial charge on any atom is -0.508 e. The summed E-state index contributed by atoms with van der Waals surface area (Å²) in [7, 11) is 0. The average molecular weight is 539 g/mol. The summed E-state index contributed by atoms with van der Waals surface area (Å²) in [4.78, 5) is 0. The van der Waals surface area contributed by atoms with Gasteiger partial charge in [-0.05, 0) is 41.8 Å². The summed E-state index contributed by atoms with van der Waals surface area (Å²) in [5.41, 5.74) is 2.53. The fraction of sp³-hybridized carbons (Fsp3) is 0.182. The zero-order valence-electron chi connectivity index (χ0n) is 16.4. The second-order valence-corrected chi connectivity index (χ2v) is 8.10. The van der Waals surface area contributed by atoms with Crippen LogP contribution in [0.25, 0.3) is 0 Å². The molecule has 2 aromatic carbocycles. The lowest BCUT2D eigenvalue weighted by molar-refractivity contribution is 0.227. The van der Waals surface area contributed by atoms with E-state index in [2.05, 4.69) is 5.92 Å². The Morgan fingerprint density at radius 1 is 0.844 bits per heavy atom. The first-order chi connectivity index (χ1) is 15.2. The summed E-state index contributed by atoms with van der Waals surface area (Å²) in [5.74, 6) is 2.34. The van der Waals surface area contributed by atoms with Gasteiger partial charge in [-0.15, -0.1) is 6.42 Å². The van der Waals surface area contributed by atoms with E-state index < -0.39 is 0 Å². The predicted octanol–water partition coefficient (Wildman–Crippen LogP) is 7.34. The zero-order valence-corrected chi connectivity index (χ0v) is 20.2. The molecule has 2 rings (SSSR count). The van der Waals surface area contributed by atoms with E-state index in [4.69, 9.17) is 78.6 Å². The molecular formula is C22H17Cl5O5. The first-order valence-electron chi connectivity index (χ1n) is 8.87. The average Bonchev–Trinajstić information content (AvgIpc) is 2.72. The summed E-state index contributed by atoms with van der Waals surface area (Å²) >= 11 is 30.5. The first-order valence-corrected chi connectivity index (χ1v) is 10.8. The number of hydrogen-bond acceptors (Lipinski definition) is 5. The molecule has 10 heteroatoms. The number of benzene rings is 2. The summed E-state index contributed by atoms with van der Waals surface area (Å²) in [6.45, 7) is -0.353. The molecule has 0 spiro atoms. The van der Waals surface area contributed by atoms with Crippen LogP contribution < -0.4 is 9.47 Å². The molecular weight excluding hydrogens is 522 g/mol. The number of rotatable bonds is 10. The first kappa shape index (κ1) is 26.2. The fourth-order valence-electron chi connectivity index (χ4n) is 2.48. The second kappa shape index (κ2) is 12.8. The van der Waals surface area contributed by atoms with Crippen LogP contribution in [0.1, 0.15) is 11.1 Å². The van der Waals surface area contributed by atoms with Crippen molar-refractivity contribution in [1.82, 2.24) is 0 Å². The largest absolute Gasteiger partial charge is 0.508 e. The molecule has 0 saturated heterocycles. The quantitative estimate of drug-likeness (QED) is 0.188. The maximum absolute atomic E-state index is 9.72. The Labute approximate surface area is 210 Å². The highest BCUT2D eigenvalue weighted by molar-refractivity contribution is 6.38. The van der Waals surface area contributed by atoms with Crippen molar-refractivity contribution in [2.45, 2.75) is 6.42 Å². The Hall–Kier alpha value is -2.07. The molecule has 0 saturated carbocycles. The van der Waals surface area contributed by atoms with Gasteiger partial charge in [-0.1, -0.05) is 63.9 Å². The molecule has 0 aliphatic carbocycles. The lowest BCUT2D eigenvalue weighted by Gasteiger charge is -2.13. The van der Waals surface area contributed by atoms with Crippen LogP contribution in [0.3, 0.4) is 0 Å². The van der Waals surface area contributed by atoms with Crippen molar-refractivity contribution in [3.8, 4) is 23.8 Å². The Kier molecular flexibility index (Phi) is 10.5. The predicted molar refractivity (Wildman–Crippen MR) is 129 cm³/mol. The highest BCUT2D eigenvalue weighted by Crippen LogP contribution is 2.37. The van der Waals surface area contributed by atoms with Crippen molar-refractivity contribution in [3.63, 3.8) is 0 Å². The smallest absolute Gasteiger partial charge is 0.165 e. The zero-order chi connectivity index (χ0) is 23.7. The van der Waals surface area contributed by atoms with Gasteiger partial charge in [-0.2, -0.15) is 0 Å². The molecule has 0 fully saturated rings. The van der Waals surface area contributed by atoms with Crippen molar-refractivity contribution in [2.24, 2.45) is 0 Å². The van der Waals surface area contributed by atoms with Crippen LogP contribution >= 0.6 is 58.0 Å². The minimum absolute atomic E-state index is 0.0222. The highest BCUT2D eigenvalue weighted by atomic mass is 35.5. The third-order valence-electron chi connectivity index (χ3n) is 3.77. The van der Waals surface area contributed by atoms with Gasteiger partial charge in [0.1, 0.15) is 31.8 Å². The van der Waals surface area contributed by atoms with Crippen LogP contribution in [-0.2, 0) is 11.2 Å². The van der Waals surface area contributed by atoms with Crippen LogP contribution in [0.15, 0.2) is 47.6 Å². The molecule has 0 radical (unpaired) electrons. The minimum atomic E-state index is -0.204. The molecule has 0 aliphatic rings. The van der Waals surface area contributed by atoms with Crippen molar-refractivity contribution in [3.05, 3.63) is 78.8 Å². The van der Waals surface area contributed by atoms with Gasteiger partial charge in [-0.25, -0.2) is 0 Å². The highest BCUT2D eigenvalue weighted by Gasteiger charge is 2.14. The number of ether oxygens (including phenoxy) is 3. The monoisotopic (exact) mass is 536 g/mol. The molecule has 2 aromatic rings. The molecule has 0 atom stereocenters. The van der Waals surface area contributed by atoms with E-state index >= 15 is 0 Å². The van der Waals surface area contributed by atoms with E-state index in [1.54, 1.807) is 24.3 Å². The van der Waals surface area contributed by atoms with Crippen molar-refractivity contribution < 1.29 is 24.4 Å². The SMILES string of the molecule is C#CCO/C=C(\O)COc1c(Cl)cc(Cc2cc(Cl)c(OC/C(O)=C/Cl)c(Cl)c2)cc1Cl. The molecule has 2 N–H and O–H groups in total. The number of aliphatic hydroxyl groups excluding tert-OH is 2. The fourth-order valence-corrected chi connectivity index (χ4v) is 3.83. The topological polar surface area (TPSA) is 68.2 Å². The molecule has 170 valence electrons. The van der Waals surface area contributed by atoms with Gasteiger partial charge in [0.15, 0.2) is 17.3 Å². The Balaban J connectivity index is 2.12. The lowest BCUT2D eigenvalue weighted by Crippen LogP contribution is -2.03. The summed E-state index contributed by atoms with van der Waals surface area (Å²) in [6, 6.07) is 6.70. The number of halogens is 5. The molecule has 0 aliphatic heterocycles. The van der Waals surface area contributed by atoms with Crippen LogP contribution in [0.5, 0.6) is 11.5 Å². The van der Waals surface area contributed by atoms with Gasteiger partial charge in [0, 0.05) is 5.54 Å². The second-order valence-electron chi connectivity index (χ2n) is 6.26. The van der Waals surface area contributed by atoms with Crippen LogP contribution in [0, 0.1) is 12.3 Å². The van der Waals surface area contributed by atoms with E-state index in [1.807, 2.05) is 0 Å². The number of hydrogen-bond donors (Lipinski definition) is 2. The van der Waals surface area contributed by atoms with Crippen molar-refractivity contribution >= 4 is 58.0 Å². The standard InChI is InChI=1S/C22H17Cl5O5/c1-2-3-30-10-16(29)12-32-22-19(26)7-14(8-20(22)27)4-13-5-17(24)21(18(25)6-13)31-11-15(28)9-23/h1,5-10,28-29H,3-4,11-12H2/b15-9-,16-10-. The Morgan fingerprint density at radius 3 is 1.69 bits per heavy atom. The third kappa shape index (κ3) is 7.81. The Bertz CT molecular complexity index is 1010. The van der Waals surface area contributed by atoms with E-state index in [-0.39, 0.29) is 62.9 Å². The molecule has 5 nitrogen and oxygen atoms in total. The maximum atomic E-state index is 9.72. The Morgan fingerprint density at radius 2 is 1.28 bits per heavy atom. The normalized spacial score (nSPS) is 11.8. The number of terminal acetylenes is 1. The third-order valence-corrected chi connectivity index (χ3v) is 5.14. The van der Waals surface area contributed by atoms with Gasteiger partial charge in [0.2, 0.25) is 0 Å². The van der Waals surface area contributed by atoms with E-state index in [9.17, 15) is 10.2 Å². The molecule has 0 heterocycles. The molecule has 0 unspecified atom stereocenters. The summed E-state index contributed by atoms with van der Waals surface area (Å²) in [6.07, 6.45) is 6.56. The van der Waals surface area contributed by atoms with Gasteiger partial charge < -0.3 is 24.4 Å². The van der Waals surface area contributed by atoms with Crippen molar-refractivity contribution in [1.29, 1.82) is 0 Å². The van der Waals surface area contributed by atoms with Crippen molar-refractivity contribution in [2.75, 3.05) is 19.8 Å². The van der Waals surface area contributed by atoms with Crippen LogP contribution in [0.2, 0.25) is 20.1 Å².